The number of nitrogens with one attached hydrogen (secondary N) is 1. The van der Waals surface area contributed by atoms with Crippen molar-refractivity contribution >= 4 is 44.7 Å². The van der Waals surface area contributed by atoms with Gasteiger partial charge >= 0.3 is 0 Å². The largest absolute Gasteiger partial charge is 0.397 e. The van der Waals surface area contributed by atoms with Gasteiger partial charge in [0.2, 0.25) is 0 Å². The van der Waals surface area contributed by atoms with Crippen molar-refractivity contribution in [1.82, 2.24) is 10.3 Å². The minimum absolute atomic E-state index is 0.192. The number of anilines is 1. The zero-order chi connectivity index (χ0) is 23.5. The molecule has 168 valence electrons. The van der Waals surface area contributed by atoms with Gasteiger partial charge in [-0.15, -0.1) is 11.3 Å². The van der Waals surface area contributed by atoms with Crippen molar-refractivity contribution in [2.24, 2.45) is 0 Å². The van der Waals surface area contributed by atoms with Crippen LogP contribution < -0.4 is 11.1 Å². The molecular formula is C28H22ClN3OS. The molecule has 0 bridgehead atoms. The molecule has 0 saturated heterocycles. The highest BCUT2D eigenvalue weighted by Gasteiger charge is 2.21. The molecule has 2 aromatic heterocycles. The second-order valence-electron chi connectivity index (χ2n) is 7.95. The monoisotopic (exact) mass is 483 g/mol. The highest BCUT2D eigenvalue weighted by molar-refractivity contribution is 7.21. The van der Waals surface area contributed by atoms with Gasteiger partial charge in [0.1, 0.15) is 9.71 Å². The number of nitrogens with zero attached hydrogens (tertiary/aromatic N) is 1. The SMILES string of the molecule is Nc1c(C(=O)NCCc2cccc(Cl)c2)sc2nc(-c3ccccc3)cc(-c3ccccc3)c12. The van der Waals surface area contributed by atoms with Crippen molar-refractivity contribution in [3.63, 3.8) is 0 Å². The Kier molecular flexibility index (Phi) is 6.30. The predicted octanol–water partition coefficient (Wildman–Crippen LogP) is 6.84. The standard InChI is InChI=1S/C28H22ClN3OS/c29-21-13-7-8-18(16-21)14-15-31-27(33)26-25(30)24-22(19-9-3-1-4-10-19)17-23(32-28(24)34-26)20-11-5-2-6-12-20/h1-13,16-17H,14-15,30H2,(H,31,33). The van der Waals surface area contributed by atoms with E-state index in [0.29, 0.717) is 28.6 Å². The first-order valence-corrected chi connectivity index (χ1v) is 12.2. The lowest BCUT2D eigenvalue weighted by atomic mass is 9.99. The van der Waals surface area contributed by atoms with Crippen molar-refractivity contribution in [2.45, 2.75) is 6.42 Å². The fraction of sp³-hybridized carbons (Fsp3) is 0.0714. The summed E-state index contributed by atoms with van der Waals surface area (Å²) in [4.78, 5) is 19.2. The topological polar surface area (TPSA) is 68.0 Å². The minimum Gasteiger partial charge on any atom is -0.397 e. The van der Waals surface area contributed by atoms with E-state index < -0.39 is 0 Å². The summed E-state index contributed by atoms with van der Waals surface area (Å²) < 4.78 is 0. The number of thiophene rings is 1. The van der Waals surface area contributed by atoms with Gasteiger partial charge in [-0.05, 0) is 41.3 Å². The van der Waals surface area contributed by atoms with Gasteiger partial charge in [-0.1, -0.05) is 84.4 Å². The Labute approximate surface area is 207 Å². The third kappa shape index (κ3) is 4.53. The van der Waals surface area contributed by atoms with Crippen LogP contribution in [0.3, 0.4) is 0 Å². The Bertz CT molecular complexity index is 1470. The number of amides is 1. The quantitative estimate of drug-likeness (QED) is 0.278. The molecule has 4 nitrogen and oxygen atoms in total. The van der Waals surface area contributed by atoms with Gasteiger partial charge in [-0.25, -0.2) is 4.98 Å². The number of aromatic nitrogens is 1. The fourth-order valence-electron chi connectivity index (χ4n) is 3.98. The molecule has 0 radical (unpaired) electrons. The van der Waals surface area contributed by atoms with Crippen LogP contribution in [0.15, 0.2) is 91.0 Å². The van der Waals surface area contributed by atoms with Crippen molar-refractivity contribution in [3.8, 4) is 22.4 Å². The number of nitrogen functional groups attached to an aromatic ring is 1. The van der Waals surface area contributed by atoms with E-state index in [1.807, 2.05) is 84.9 Å². The lowest BCUT2D eigenvalue weighted by molar-refractivity contribution is 0.0959. The van der Waals surface area contributed by atoms with E-state index in [0.717, 1.165) is 38.2 Å². The summed E-state index contributed by atoms with van der Waals surface area (Å²) in [5.74, 6) is -0.192. The number of hydrogen-bond acceptors (Lipinski definition) is 4. The Morgan fingerprint density at radius 1 is 0.912 bits per heavy atom. The van der Waals surface area contributed by atoms with Crippen LogP contribution in [0.2, 0.25) is 5.02 Å². The zero-order valence-corrected chi connectivity index (χ0v) is 19.9. The van der Waals surface area contributed by atoms with Crippen molar-refractivity contribution in [2.75, 3.05) is 12.3 Å². The van der Waals surface area contributed by atoms with Crippen LogP contribution in [-0.2, 0) is 6.42 Å². The molecule has 3 aromatic carbocycles. The van der Waals surface area contributed by atoms with Gasteiger partial charge in [-0.2, -0.15) is 0 Å². The van der Waals surface area contributed by atoms with Crippen molar-refractivity contribution in [1.29, 1.82) is 0 Å². The summed E-state index contributed by atoms with van der Waals surface area (Å²) in [6.07, 6.45) is 0.683. The Balaban J connectivity index is 1.51. The van der Waals surface area contributed by atoms with E-state index in [-0.39, 0.29) is 5.91 Å². The molecule has 0 spiro atoms. The maximum atomic E-state index is 13.1. The van der Waals surface area contributed by atoms with E-state index in [4.69, 9.17) is 22.3 Å². The molecule has 5 rings (SSSR count). The molecular weight excluding hydrogens is 462 g/mol. The summed E-state index contributed by atoms with van der Waals surface area (Å²) in [7, 11) is 0. The first kappa shape index (κ1) is 22.1. The van der Waals surface area contributed by atoms with Gasteiger partial charge in [0, 0.05) is 22.5 Å². The minimum atomic E-state index is -0.192. The molecule has 0 aliphatic carbocycles. The van der Waals surface area contributed by atoms with Crippen molar-refractivity contribution < 1.29 is 4.79 Å². The fourth-order valence-corrected chi connectivity index (χ4v) is 5.23. The number of fused-ring (bicyclic) bond motifs is 1. The number of rotatable bonds is 6. The maximum absolute atomic E-state index is 13.1. The molecule has 5 aromatic rings. The van der Waals surface area contributed by atoms with Gasteiger partial charge < -0.3 is 11.1 Å². The Morgan fingerprint density at radius 3 is 2.32 bits per heavy atom. The maximum Gasteiger partial charge on any atom is 0.263 e. The second-order valence-corrected chi connectivity index (χ2v) is 9.38. The lowest BCUT2D eigenvalue weighted by Crippen LogP contribution is -2.25. The number of carbonyl (C=O) groups excluding carboxylic acids is 1. The molecule has 1 amide bonds. The van der Waals surface area contributed by atoms with Gasteiger partial charge in [0.05, 0.1) is 11.4 Å². The Hall–Kier alpha value is -3.67. The highest BCUT2D eigenvalue weighted by atomic mass is 35.5. The molecule has 34 heavy (non-hydrogen) atoms. The number of benzene rings is 3. The third-order valence-electron chi connectivity index (χ3n) is 5.65. The number of nitrogens with two attached hydrogens (primary N) is 1. The van der Waals surface area contributed by atoms with Crippen LogP contribution >= 0.6 is 22.9 Å². The molecule has 0 unspecified atom stereocenters. The summed E-state index contributed by atoms with van der Waals surface area (Å²) in [6.45, 7) is 0.487. The zero-order valence-electron chi connectivity index (χ0n) is 18.3. The summed E-state index contributed by atoms with van der Waals surface area (Å²) in [5, 5.41) is 4.50. The summed E-state index contributed by atoms with van der Waals surface area (Å²) in [6, 6.07) is 29.8. The lowest BCUT2D eigenvalue weighted by Gasteiger charge is -2.09. The van der Waals surface area contributed by atoms with Crippen LogP contribution in [0.4, 0.5) is 5.69 Å². The van der Waals surface area contributed by atoms with Crippen molar-refractivity contribution in [3.05, 3.63) is 106 Å². The Morgan fingerprint density at radius 2 is 1.62 bits per heavy atom. The van der Waals surface area contributed by atoms with E-state index in [2.05, 4.69) is 11.4 Å². The van der Waals surface area contributed by atoms with E-state index in [1.54, 1.807) is 0 Å². The average Bonchev–Trinajstić information content (AvgIpc) is 3.21. The highest BCUT2D eigenvalue weighted by Crippen LogP contribution is 2.41. The van der Waals surface area contributed by atoms with Crippen LogP contribution in [0.5, 0.6) is 0 Å². The van der Waals surface area contributed by atoms with Crippen LogP contribution in [-0.4, -0.2) is 17.4 Å². The molecule has 0 aliphatic rings. The molecule has 0 aliphatic heterocycles. The van der Waals surface area contributed by atoms with Gasteiger partial charge in [-0.3, -0.25) is 4.79 Å². The number of hydrogen-bond donors (Lipinski definition) is 2. The smallest absolute Gasteiger partial charge is 0.263 e. The van der Waals surface area contributed by atoms with Crippen LogP contribution in [0.1, 0.15) is 15.2 Å². The first-order chi connectivity index (χ1) is 16.6. The van der Waals surface area contributed by atoms with Gasteiger partial charge in [0.15, 0.2) is 0 Å². The molecule has 6 heteroatoms. The first-order valence-electron chi connectivity index (χ1n) is 11.0. The van der Waals surface area contributed by atoms with Crippen LogP contribution in [0.25, 0.3) is 32.6 Å². The predicted molar refractivity (Wildman–Crippen MR) is 142 cm³/mol. The molecule has 0 atom stereocenters. The molecule has 0 saturated carbocycles. The number of halogens is 1. The van der Waals surface area contributed by atoms with E-state index >= 15 is 0 Å². The average molecular weight is 484 g/mol. The number of pyridine rings is 1. The molecule has 2 heterocycles. The van der Waals surface area contributed by atoms with E-state index in [1.165, 1.54) is 11.3 Å². The normalized spacial score (nSPS) is 11.0. The summed E-state index contributed by atoms with van der Waals surface area (Å²) >= 11 is 7.39. The summed E-state index contributed by atoms with van der Waals surface area (Å²) in [5.41, 5.74) is 12.0. The molecule has 3 N–H and O–H groups in total. The third-order valence-corrected chi connectivity index (χ3v) is 6.98. The second kappa shape index (κ2) is 9.67. The van der Waals surface area contributed by atoms with E-state index in [9.17, 15) is 4.79 Å². The van der Waals surface area contributed by atoms with Crippen LogP contribution in [0, 0.1) is 0 Å². The number of carbonyl (C=O) groups is 1. The van der Waals surface area contributed by atoms with Gasteiger partial charge in [0.25, 0.3) is 5.91 Å². The molecule has 0 fully saturated rings.